The zero-order valence-corrected chi connectivity index (χ0v) is 20.5. The highest BCUT2D eigenvalue weighted by atomic mass is 16.5. The lowest BCUT2D eigenvalue weighted by atomic mass is 9.81. The molecule has 0 aliphatic carbocycles. The Bertz CT molecular complexity index is 1220. The highest BCUT2D eigenvalue weighted by molar-refractivity contribution is 6.50. The molecule has 0 unspecified atom stereocenters. The topological polar surface area (TPSA) is 96.4 Å². The van der Waals surface area contributed by atoms with Crippen molar-refractivity contribution in [1.29, 1.82) is 0 Å². The lowest BCUT2D eigenvalue weighted by Gasteiger charge is -2.34. The van der Waals surface area contributed by atoms with Crippen LogP contribution in [0.3, 0.4) is 0 Å². The van der Waals surface area contributed by atoms with Gasteiger partial charge in [0.1, 0.15) is 11.5 Å². The summed E-state index contributed by atoms with van der Waals surface area (Å²) >= 11 is 0. The van der Waals surface area contributed by atoms with Gasteiger partial charge in [-0.15, -0.1) is 0 Å². The van der Waals surface area contributed by atoms with Crippen molar-refractivity contribution in [3.8, 4) is 5.75 Å². The second-order valence-electron chi connectivity index (χ2n) is 8.72. The summed E-state index contributed by atoms with van der Waals surface area (Å²) in [6, 6.07) is 12.1. The number of carbonyl (C=O) groups is 3. The molecule has 1 fully saturated rings. The van der Waals surface area contributed by atoms with Gasteiger partial charge >= 0.3 is 0 Å². The van der Waals surface area contributed by atoms with E-state index in [0.29, 0.717) is 29.1 Å². The summed E-state index contributed by atoms with van der Waals surface area (Å²) in [7, 11) is 3.03. The van der Waals surface area contributed by atoms with Crippen LogP contribution in [0.5, 0.6) is 5.75 Å². The molecule has 2 heterocycles. The van der Waals surface area contributed by atoms with Crippen molar-refractivity contribution < 1.29 is 29.0 Å². The van der Waals surface area contributed by atoms with Crippen LogP contribution in [-0.2, 0) is 24.7 Å². The number of likely N-dealkylation sites (tertiary alicyclic amines) is 1. The second kappa shape index (κ2) is 9.54. The molecule has 2 aliphatic heterocycles. The Labute approximate surface area is 204 Å². The van der Waals surface area contributed by atoms with Crippen LogP contribution in [0.15, 0.2) is 48.0 Å². The molecule has 0 bridgehead atoms. The molecule has 2 amide bonds. The fourth-order valence-electron chi connectivity index (χ4n) is 5.06. The summed E-state index contributed by atoms with van der Waals surface area (Å²) in [5.74, 6) is -1.93. The minimum Gasteiger partial charge on any atom is -0.507 e. The van der Waals surface area contributed by atoms with Gasteiger partial charge in [-0.3, -0.25) is 14.4 Å². The fraction of sp³-hybridized carbons (Fsp3) is 0.370. The van der Waals surface area contributed by atoms with Gasteiger partial charge in [0.2, 0.25) is 0 Å². The average Bonchev–Trinajstić information content (AvgIpc) is 3.23. The third kappa shape index (κ3) is 3.60. The van der Waals surface area contributed by atoms with E-state index in [1.165, 1.54) is 12.0 Å². The van der Waals surface area contributed by atoms with E-state index < -0.39 is 28.9 Å². The van der Waals surface area contributed by atoms with Crippen molar-refractivity contribution >= 4 is 29.0 Å². The third-order valence-electron chi connectivity index (χ3n) is 6.73. The van der Waals surface area contributed by atoms with Gasteiger partial charge < -0.3 is 24.4 Å². The lowest BCUT2D eigenvalue weighted by Crippen LogP contribution is -2.52. The van der Waals surface area contributed by atoms with Crippen LogP contribution in [0.25, 0.3) is 5.76 Å². The highest BCUT2D eigenvalue weighted by Gasteiger charge is 2.66. The predicted octanol–water partition coefficient (Wildman–Crippen LogP) is 3.37. The molecule has 4 rings (SSSR count). The van der Waals surface area contributed by atoms with Gasteiger partial charge in [-0.25, -0.2) is 0 Å². The van der Waals surface area contributed by atoms with E-state index in [9.17, 15) is 19.5 Å². The van der Waals surface area contributed by atoms with E-state index in [-0.39, 0.29) is 18.7 Å². The summed E-state index contributed by atoms with van der Waals surface area (Å²) in [6.45, 7) is 4.41. The molecule has 1 atom stereocenters. The summed E-state index contributed by atoms with van der Waals surface area (Å²) in [4.78, 5) is 44.0. The van der Waals surface area contributed by atoms with Gasteiger partial charge in [-0.2, -0.15) is 0 Å². The van der Waals surface area contributed by atoms with Gasteiger partial charge in [-0.1, -0.05) is 31.5 Å². The van der Waals surface area contributed by atoms with Crippen molar-refractivity contribution in [2.75, 3.05) is 38.8 Å². The normalized spacial score (nSPS) is 20.7. The predicted molar refractivity (Wildman–Crippen MR) is 131 cm³/mol. The Morgan fingerprint density at radius 1 is 1.06 bits per heavy atom. The number of carbonyl (C=O) groups excluding carboxylic acids is 3. The minimum absolute atomic E-state index is 0.0151. The molecule has 8 nitrogen and oxygen atoms in total. The van der Waals surface area contributed by atoms with E-state index in [0.717, 1.165) is 18.4 Å². The molecule has 8 heteroatoms. The molecule has 1 spiro atoms. The van der Waals surface area contributed by atoms with Crippen molar-refractivity contribution in [2.24, 2.45) is 0 Å². The van der Waals surface area contributed by atoms with Crippen molar-refractivity contribution in [1.82, 2.24) is 4.90 Å². The standard InChI is InChI=1S/C27H30N2O6/c1-5-6-13-28-20-10-8-7-9-19(20)27(26(28)33)22(24(31)25(32)29(27)14-15-34-3)23(30)18-11-12-21(35-4)17(2)16-18/h7-12,16,30H,5-6,13-15H2,1-4H3/t27-/m0/s1. The number of aliphatic hydroxyl groups is 1. The first-order valence-electron chi connectivity index (χ1n) is 11.7. The number of nitrogens with zero attached hydrogens (tertiary/aromatic N) is 2. The summed E-state index contributed by atoms with van der Waals surface area (Å²) in [5, 5.41) is 11.5. The van der Waals surface area contributed by atoms with Crippen molar-refractivity contribution in [3.05, 3.63) is 64.7 Å². The van der Waals surface area contributed by atoms with Crippen LogP contribution in [0.1, 0.15) is 36.5 Å². The Kier molecular flexibility index (Phi) is 6.67. The van der Waals surface area contributed by atoms with Crippen molar-refractivity contribution in [2.45, 2.75) is 32.2 Å². The Morgan fingerprint density at radius 2 is 1.80 bits per heavy atom. The number of amides is 2. The summed E-state index contributed by atoms with van der Waals surface area (Å²) < 4.78 is 10.5. The van der Waals surface area contributed by atoms with E-state index >= 15 is 0 Å². The SMILES string of the molecule is CCCCN1C(=O)[C@@]2(C(=C(O)c3ccc(OC)c(C)c3)C(=O)C(=O)N2CCOC)c2ccccc21. The van der Waals surface area contributed by atoms with Crippen LogP contribution >= 0.6 is 0 Å². The largest absolute Gasteiger partial charge is 0.507 e. The highest BCUT2D eigenvalue weighted by Crippen LogP contribution is 2.53. The molecule has 1 saturated heterocycles. The second-order valence-corrected chi connectivity index (χ2v) is 8.72. The first-order chi connectivity index (χ1) is 16.8. The molecule has 0 radical (unpaired) electrons. The number of hydrogen-bond acceptors (Lipinski definition) is 6. The quantitative estimate of drug-likeness (QED) is 0.355. The van der Waals surface area contributed by atoms with Crippen LogP contribution in [0, 0.1) is 6.92 Å². The number of anilines is 1. The first kappa shape index (κ1) is 24.5. The summed E-state index contributed by atoms with van der Waals surface area (Å²) in [5.41, 5.74) is 0.205. The monoisotopic (exact) mass is 478 g/mol. The van der Waals surface area contributed by atoms with E-state index in [4.69, 9.17) is 9.47 Å². The number of unbranched alkanes of at least 4 members (excludes halogenated alkanes) is 1. The van der Waals surface area contributed by atoms with Gasteiger partial charge in [0.15, 0.2) is 5.54 Å². The van der Waals surface area contributed by atoms with E-state index in [1.807, 2.05) is 26.0 Å². The molecule has 184 valence electrons. The number of ketones is 1. The Balaban J connectivity index is 2.02. The van der Waals surface area contributed by atoms with Crippen LogP contribution in [0.4, 0.5) is 5.69 Å². The number of hydrogen-bond donors (Lipinski definition) is 1. The zero-order valence-electron chi connectivity index (χ0n) is 20.5. The smallest absolute Gasteiger partial charge is 0.296 e. The lowest BCUT2D eigenvalue weighted by molar-refractivity contribution is -0.144. The first-order valence-corrected chi connectivity index (χ1v) is 11.7. The number of methoxy groups -OCH3 is 2. The molecule has 0 aromatic heterocycles. The van der Waals surface area contributed by atoms with Gasteiger partial charge in [0.05, 0.1) is 25.0 Å². The number of ether oxygens (including phenoxy) is 2. The maximum Gasteiger partial charge on any atom is 0.296 e. The number of benzene rings is 2. The van der Waals surface area contributed by atoms with Crippen molar-refractivity contribution in [3.63, 3.8) is 0 Å². The molecule has 35 heavy (non-hydrogen) atoms. The Hall–Kier alpha value is -3.65. The molecular formula is C27H30N2O6. The van der Waals surface area contributed by atoms with Crippen LogP contribution in [-0.4, -0.2) is 61.5 Å². The van der Waals surface area contributed by atoms with Gasteiger partial charge in [0.25, 0.3) is 17.6 Å². The van der Waals surface area contributed by atoms with Gasteiger partial charge in [0, 0.05) is 31.3 Å². The molecule has 1 N–H and O–H groups in total. The van der Waals surface area contributed by atoms with Crippen LogP contribution < -0.4 is 9.64 Å². The zero-order chi connectivity index (χ0) is 25.3. The molecular weight excluding hydrogens is 448 g/mol. The number of para-hydroxylation sites is 1. The van der Waals surface area contributed by atoms with Gasteiger partial charge in [-0.05, 0) is 43.2 Å². The number of aryl methyl sites for hydroxylation is 1. The molecule has 0 saturated carbocycles. The maximum atomic E-state index is 14.2. The fourth-order valence-corrected chi connectivity index (χ4v) is 5.06. The molecule has 2 aromatic rings. The number of fused-ring (bicyclic) bond motifs is 2. The van der Waals surface area contributed by atoms with Crippen LogP contribution in [0.2, 0.25) is 0 Å². The molecule has 2 aromatic carbocycles. The minimum atomic E-state index is -1.77. The maximum absolute atomic E-state index is 14.2. The summed E-state index contributed by atoms with van der Waals surface area (Å²) in [6.07, 6.45) is 1.61. The number of rotatable bonds is 8. The van der Waals surface area contributed by atoms with E-state index in [1.54, 1.807) is 42.3 Å². The van der Waals surface area contributed by atoms with E-state index in [2.05, 4.69) is 0 Å². The Morgan fingerprint density at radius 3 is 2.46 bits per heavy atom. The number of aliphatic hydroxyl groups excluding tert-OH is 1. The average molecular weight is 479 g/mol. The third-order valence-corrected chi connectivity index (χ3v) is 6.73. The molecule has 2 aliphatic rings. The number of Topliss-reactive ketones (excluding diaryl/α,β-unsaturated/α-hetero) is 1.